The highest BCUT2D eigenvalue weighted by molar-refractivity contribution is 6.01. The van der Waals surface area contributed by atoms with Crippen LogP contribution in [-0.2, 0) is 11.2 Å². The fraction of sp³-hybridized carbons (Fsp3) is 0.103. The zero-order valence-electron chi connectivity index (χ0n) is 19.5. The zero-order chi connectivity index (χ0) is 24.6. The molecular formula is C29H22FN5O. The van der Waals surface area contributed by atoms with Crippen molar-refractivity contribution < 1.29 is 9.18 Å². The van der Waals surface area contributed by atoms with Crippen molar-refractivity contribution in [3.8, 4) is 33.6 Å². The first-order chi connectivity index (χ1) is 17.6. The van der Waals surface area contributed by atoms with Gasteiger partial charge in [-0.1, -0.05) is 37.3 Å². The molecule has 0 aliphatic heterocycles. The Balaban J connectivity index is 1.40. The first kappa shape index (κ1) is 21.9. The molecule has 0 bridgehead atoms. The Morgan fingerprint density at radius 1 is 0.889 bits per heavy atom. The van der Waals surface area contributed by atoms with Gasteiger partial charge in [-0.2, -0.15) is 5.10 Å². The van der Waals surface area contributed by atoms with Crippen molar-refractivity contribution in [1.82, 2.24) is 25.1 Å². The first-order valence-electron chi connectivity index (χ1n) is 11.8. The molecular weight excluding hydrogens is 453 g/mol. The van der Waals surface area contributed by atoms with Crippen LogP contribution in [0.4, 0.5) is 4.39 Å². The van der Waals surface area contributed by atoms with Crippen molar-refractivity contribution in [2.45, 2.75) is 19.8 Å². The number of rotatable bonds is 6. The number of hydrogen-bond acceptors (Lipinski definition) is 4. The van der Waals surface area contributed by atoms with Crippen LogP contribution in [0.1, 0.15) is 19.0 Å². The van der Waals surface area contributed by atoms with E-state index in [1.807, 2.05) is 49.4 Å². The Morgan fingerprint density at radius 3 is 2.56 bits per heavy atom. The van der Waals surface area contributed by atoms with Crippen molar-refractivity contribution in [1.29, 1.82) is 0 Å². The molecule has 4 heterocycles. The Labute approximate surface area is 206 Å². The Bertz CT molecular complexity index is 1730. The van der Waals surface area contributed by atoms with Gasteiger partial charge >= 0.3 is 0 Å². The van der Waals surface area contributed by atoms with Crippen LogP contribution in [0.3, 0.4) is 0 Å². The van der Waals surface area contributed by atoms with E-state index < -0.39 is 0 Å². The Kier molecular flexibility index (Phi) is 5.37. The summed E-state index contributed by atoms with van der Waals surface area (Å²) in [5.74, 6) is -0.0989. The van der Waals surface area contributed by atoms with Crippen LogP contribution in [0, 0.1) is 5.82 Å². The quantitative estimate of drug-likeness (QED) is 0.288. The number of halogens is 1. The molecule has 6 rings (SSSR count). The molecule has 0 atom stereocenters. The predicted molar refractivity (Wildman–Crippen MR) is 139 cm³/mol. The third-order valence-corrected chi connectivity index (χ3v) is 6.41. The fourth-order valence-electron chi connectivity index (χ4n) is 4.49. The lowest BCUT2D eigenvalue weighted by molar-refractivity contribution is -0.118. The summed E-state index contributed by atoms with van der Waals surface area (Å²) in [5.41, 5.74) is 7.58. The number of H-pyrrole nitrogens is 2. The SMILES string of the molecule is CCC(=O)Cc1ccc(-c2cnc3n[nH]c(-c4cc5c(-c6cccc(F)c6)cccc5[nH]4)c3c2)cn1. The topological polar surface area (TPSA) is 87.3 Å². The molecule has 176 valence electrons. The third kappa shape index (κ3) is 3.94. The number of hydrogen-bond donors (Lipinski definition) is 2. The minimum Gasteiger partial charge on any atom is -0.353 e. The van der Waals surface area contributed by atoms with Crippen LogP contribution < -0.4 is 0 Å². The van der Waals surface area contributed by atoms with Crippen LogP contribution in [0.25, 0.3) is 55.6 Å². The number of nitrogens with zero attached hydrogens (tertiary/aromatic N) is 3. The second-order valence-electron chi connectivity index (χ2n) is 8.76. The van der Waals surface area contributed by atoms with Crippen LogP contribution >= 0.6 is 0 Å². The predicted octanol–water partition coefficient (Wildman–Crippen LogP) is 6.50. The van der Waals surface area contributed by atoms with E-state index in [1.54, 1.807) is 24.5 Å². The normalized spacial score (nSPS) is 11.4. The maximum Gasteiger partial charge on any atom is 0.181 e. The van der Waals surface area contributed by atoms with Crippen LogP contribution in [-0.4, -0.2) is 30.9 Å². The van der Waals surface area contributed by atoms with E-state index in [2.05, 4.69) is 31.2 Å². The summed E-state index contributed by atoms with van der Waals surface area (Å²) < 4.78 is 13.9. The molecule has 4 aromatic heterocycles. The number of aromatic nitrogens is 5. The van der Waals surface area contributed by atoms with Gasteiger partial charge in [0.15, 0.2) is 5.65 Å². The van der Waals surface area contributed by atoms with Gasteiger partial charge in [0.05, 0.1) is 11.4 Å². The summed E-state index contributed by atoms with van der Waals surface area (Å²) in [6.45, 7) is 1.86. The van der Waals surface area contributed by atoms with Crippen molar-refractivity contribution in [2.24, 2.45) is 0 Å². The molecule has 6 nitrogen and oxygen atoms in total. The average molecular weight is 476 g/mol. The fourth-order valence-corrected chi connectivity index (χ4v) is 4.49. The summed E-state index contributed by atoms with van der Waals surface area (Å²) in [5, 5.41) is 9.37. The van der Waals surface area contributed by atoms with Gasteiger partial charge in [-0.05, 0) is 47.5 Å². The number of pyridine rings is 2. The highest BCUT2D eigenvalue weighted by Gasteiger charge is 2.15. The largest absolute Gasteiger partial charge is 0.353 e. The second-order valence-corrected chi connectivity index (χ2v) is 8.76. The summed E-state index contributed by atoms with van der Waals surface area (Å²) in [7, 11) is 0. The summed E-state index contributed by atoms with van der Waals surface area (Å²) in [4.78, 5) is 24.2. The van der Waals surface area contributed by atoms with E-state index in [9.17, 15) is 9.18 Å². The molecule has 6 aromatic rings. The highest BCUT2D eigenvalue weighted by Crippen LogP contribution is 2.34. The van der Waals surface area contributed by atoms with Gasteiger partial charge in [0.2, 0.25) is 0 Å². The molecule has 0 amide bonds. The molecule has 0 saturated heterocycles. The Hall–Kier alpha value is -4.65. The number of aromatic amines is 2. The number of benzene rings is 2. The third-order valence-electron chi connectivity index (χ3n) is 6.41. The second kappa shape index (κ2) is 8.85. The maximum absolute atomic E-state index is 13.9. The van der Waals surface area contributed by atoms with Gasteiger partial charge in [0.25, 0.3) is 0 Å². The lowest BCUT2D eigenvalue weighted by atomic mass is 10.0. The van der Waals surface area contributed by atoms with Crippen molar-refractivity contribution >= 4 is 27.7 Å². The minimum atomic E-state index is -0.266. The van der Waals surface area contributed by atoms with Gasteiger partial charge < -0.3 is 4.98 Å². The molecule has 0 fully saturated rings. The van der Waals surface area contributed by atoms with E-state index in [-0.39, 0.29) is 11.6 Å². The molecule has 36 heavy (non-hydrogen) atoms. The van der Waals surface area contributed by atoms with Crippen molar-refractivity contribution in [2.75, 3.05) is 0 Å². The smallest absolute Gasteiger partial charge is 0.181 e. The van der Waals surface area contributed by atoms with Crippen molar-refractivity contribution in [3.05, 3.63) is 90.6 Å². The van der Waals surface area contributed by atoms with E-state index in [1.165, 1.54) is 6.07 Å². The molecule has 0 radical (unpaired) electrons. The van der Waals surface area contributed by atoms with Crippen LogP contribution in [0.2, 0.25) is 0 Å². The molecule has 2 N–H and O–H groups in total. The first-order valence-corrected chi connectivity index (χ1v) is 11.8. The molecule has 0 saturated carbocycles. The molecule has 0 spiro atoms. The van der Waals surface area contributed by atoms with E-state index >= 15 is 0 Å². The molecule has 7 heteroatoms. The van der Waals surface area contributed by atoms with Gasteiger partial charge in [-0.15, -0.1) is 0 Å². The van der Waals surface area contributed by atoms with Crippen LogP contribution in [0.5, 0.6) is 0 Å². The average Bonchev–Trinajstić information content (AvgIpc) is 3.52. The summed E-state index contributed by atoms with van der Waals surface area (Å²) in [6, 6.07) is 20.5. The number of carbonyl (C=O) groups excluding carboxylic acids is 1. The maximum atomic E-state index is 13.9. The highest BCUT2D eigenvalue weighted by atomic mass is 19.1. The minimum absolute atomic E-state index is 0.167. The van der Waals surface area contributed by atoms with E-state index in [0.29, 0.717) is 18.5 Å². The van der Waals surface area contributed by atoms with Gasteiger partial charge in [0.1, 0.15) is 11.6 Å². The van der Waals surface area contributed by atoms with Gasteiger partial charge in [-0.3, -0.25) is 14.9 Å². The number of nitrogens with one attached hydrogen (secondary N) is 2. The summed E-state index contributed by atoms with van der Waals surface area (Å²) in [6.07, 6.45) is 4.39. The standard InChI is InChI=1S/C29H22FN5O/c1-2-22(36)13-21-10-9-18(15-31-21)19-12-25-28(34-35-29(25)32-16-19)27-14-24-23(7-4-8-26(24)33-27)17-5-3-6-20(30)11-17/h3-12,14-16,33H,2,13H2,1H3,(H,32,34,35). The number of fused-ring (bicyclic) bond motifs is 2. The number of Topliss-reactive ketones (excluding diaryl/α,β-unsaturated/α-hetero) is 1. The molecule has 2 aromatic carbocycles. The molecule has 0 aliphatic carbocycles. The lowest BCUT2D eigenvalue weighted by Crippen LogP contribution is -2.02. The van der Waals surface area contributed by atoms with Gasteiger partial charge in [-0.25, -0.2) is 9.37 Å². The number of carbonyl (C=O) groups is 1. The summed E-state index contributed by atoms with van der Waals surface area (Å²) >= 11 is 0. The van der Waals surface area contributed by atoms with E-state index in [4.69, 9.17) is 0 Å². The zero-order valence-corrected chi connectivity index (χ0v) is 19.5. The van der Waals surface area contributed by atoms with E-state index in [0.717, 1.165) is 55.6 Å². The number of ketones is 1. The van der Waals surface area contributed by atoms with Crippen LogP contribution in [0.15, 0.2) is 79.1 Å². The molecule has 0 unspecified atom stereocenters. The Morgan fingerprint density at radius 2 is 1.75 bits per heavy atom. The lowest BCUT2D eigenvalue weighted by Gasteiger charge is -2.04. The van der Waals surface area contributed by atoms with Crippen molar-refractivity contribution in [3.63, 3.8) is 0 Å². The monoisotopic (exact) mass is 475 g/mol. The van der Waals surface area contributed by atoms with Gasteiger partial charge in [0, 0.05) is 58.3 Å². The molecule has 0 aliphatic rings.